The SMILES string of the molecule is C=CCC(NC(=O)NCc1nccn1C)C(=O)O. The number of carbonyl (C=O) groups excluding carboxylic acids is 1. The van der Waals surface area contributed by atoms with Gasteiger partial charge in [0.25, 0.3) is 0 Å². The molecule has 7 nitrogen and oxygen atoms in total. The Morgan fingerprint density at radius 3 is 2.89 bits per heavy atom. The molecule has 0 saturated heterocycles. The van der Waals surface area contributed by atoms with Gasteiger partial charge in [0.15, 0.2) is 0 Å². The first-order valence-electron chi connectivity index (χ1n) is 5.39. The zero-order valence-corrected chi connectivity index (χ0v) is 10.1. The van der Waals surface area contributed by atoms with Gasteiger partial charge in [-0.15, -0.1) is 6.58 Å². The molecule has 0 spiro atoms. The lowest BCUT2D eigenvalue weighted by atomic mass is 10.2. The van der Waals surface area contributed by atoms with Gasteiger partial charge in [0.1, 0.15) is 11.9 Å². The van der Waals surface area contributed by atoms with E-state index in [9.17, 15) is 9.59 Å². The van der Waals surface area contributed by atoms with Gasteiger partial charge in [-0.1, -0.05) is 6.08 Å². The summed E-state index contributed by atoms with van der Waals surface area (Å²) in [5, 5.41) is 13.7. The van der Waals surface area contributed by atoms with Crippen LogP contribution in [-0.4, -0.2) is 32.7 Å². The molecule has 3 N–H and O–H groups in total. The number of rotatable bonds is 6. The molecular weight excluding hydrogens is 236 g/mol. The number of hydrogen-bond donors (Lipinski definition) is 3. The van der Waals surface area contributed by atoms with Gasteiger partial charge in [-0.3, -0.25) is 0 Å². The third-order valence-electron chi connectivity index (χ3n) is 2.33. The van der Waals surface area contributed by atoms with Crippen LogP contribution < -0.4 is 10.6 Å². The maximum absolute atomic E-state index is 11.5. The van der Waals surface area contributed by atoms with Crippen molar-refractivity contribution in [3.63, 3.8) is 0 Å². The van der Waals surface area contributed by atoms with Crippen LogP contribution in [-0.2, 0) is 18.4 Å². The average Bonchev–Trinajstić information content (AvgIpc) is 2.71. The summed E-state index contributed by atoms with van der Waals surface area (Å²) in [7, 11) is 1.81. The van der Waals surface area contributed by atoms with E-state index in [1.807, 2.05) is 0 Å². The maximum Gasteiger partial charge on any atom is 0.326 e. The van der Waals surface area contributed by atoms with E-state index in [4.69, 9.17) is 5.11 Å². The van der Waals surface area contributed by atoms with Gasteiger partial charge >= 0.3 is 12.0 Å². The molecule has 0 saturated carbocycles. The Hall–Kier alpha value is -2.31. The van der Waals surface area contributed by atoms with E-state index in [2.05, 4.69) is 22.2 Å². The fourth-order valence-corrected chi connectivity index (χ4v) is 1.32. The smallest absolute Gasteiger partial charge is 0.326 e. The van der Waals surface area contributed by atoms with Crippen molar-refractivity contribution in [2.45, 2.75) is 19.0 Å². The molecule has 0 aliphatic rings. The predicted octanol–water partition coefficient (Wildman–Crippen LogP) is 0.249. The van der Waals surface area contributed by atoms with E-state index in [-0.39, 0.29) is 13.0 Å². The van der Waals surface area contributed by atoms with E-state index in [0.29, 0.717) is 5.82 Å². The molecule has 1 aromatic rings. The van der Waals surface area contributed by atoms with Crippen LogP contribution in [0.15, 0.2) is 25.0 Å². The van der Waals surface area contributed by atoms with Gasteiger partial charge in [0, 0.05) is 19.4 Å². The summed E-state index contributed by atoms with van der Waals surface area (Å²) >= 11 is 0. The van der Waals surface area contributed by atoms with Crippen molar-refractivity contribution in [1.29, 1.82) is 0 Å². The molecule has 0 aromatic carbocycles. The quantitative estimate of drug-likeness (QED) is 0.632. The number of nitrogens with zero attached hydrogens (tertiary/aromatic N) is 2. The molecule has 0 aliphatic carbocycles. The second-order valence-corrected chi connectivity index (χ2v) is 3.70. The number of aromatic nitrogens is 2. The maximum atomic E-state index is 11.5. The largest absolute Gasteiger partial charge is 0.480 e. The zero-order chi connectivity index (χ0) is 13.5. The number of carbonyl (C=O) groups is 2. The Bertz CT molecular complexity index is 441. The van der Waals surface area contributed by atoms with Gasteiger partial charge in [-0.25, -0.2) is 14.6 Å². The molecule has 1 aromatic heterocycles. The number of amides is 2. The summed E-state index contributed by atoms with van der Waals surface area (Å²) in [4.78, 5) is 26.3. The van der Waals surface area contributed by atoms with Crippen molar-refractivity contribution in [3.8, 4) is 0 Å². The Morgan fingerprint density at radius 1 is 1.67 bits per heavy atom. The number of hydrogen-bond acceptors (Lipinski definition) is 3. The molecule has 1 heterocycles. The summed E-state index contributed by atoms with van der Waals surface area (Å²) in [6.07, 6.45) is 4.99. The number of carboxylic acids is 1. The summed E-state index contributed by atoms with van der Waals surface area (Å²) in [5.74, 6) is -0.414. The summed E-state index contributed by atoms with van der Waals surface area (Å²) in [6, 6.07) is -1.52. The minimum atomic E-state index is -1.10. The number of nitrogens with one attached hydrogen (secondary N) is 2. The van der Waals surface area contributed by atoms with Gasteiger partial charge in [-0.2, -0.15) is 0 Å². The number of imidazole rings is 1. The molecule has 1 unspecified atom stereocenters. The highest BCUT2D eigenvalue weighted by molar-refractivity contribution is 5.82. The van der Waals surface area contributed by atoms with Crippen LogP contribution in [0.1, 0.15) is 12.2 Å². The minimum absolute atomic E-state index is 0.172. The number of carboxylic acid groups (broad SMARTS) is 1. The van der Waals surface area contributed by atoms with E-state index in [1.165, 1.54) is 6.08 Å². The molecule has 98 valence electrons. The first-order valence-corrected chi connectivity index (χ1v) is 5.39. The monoisotopic (exact) mass is 252 g/mol. The molecule has 0 radical (unpaired) electrons. The highest BCUT2D eigenvalue weighted by Gasteiger charge is 2.17. The first-order chi connectivity index (χ1) is 8.54. The fourth-order valence-electron chi connectivity index (χ4n) is 1.32. The van der Waals surface area contributed by atoms with Crippen LogP contribution in [0.2, 0.25) is 0 Å². The molecule has 7 heteroatoms. The summed E-state index contributed by atoms with van der Waals surface area (Å²) in [6.45, 7) is 3.67. The molecule has 18 heavy (non-hydrogen) atoms. The van der Waals surface area contributed by atoms with E-state index in [0.717, 1.165) is 0 Å². The molecule has 0 fully saturated rings. The van der Waals surface area contributed by atoms with Gasteiger partial charge in [0.2, 0.25) is 0 Å². The number of aliphatic carboxylic acids is 1. The normalized spacial score (nSPS) is 11.6. The Kier molecular flexibility index (Phi) is 4.91. The van der Waals surface area contributed by atoms with Crippen molar-refractivity contribution >= 4 is 12.0 Å². The fraction of sp³-hybridized carbons (Fsp3) is 0.364. The van der Waals surface area contributed by atoms with Crippen LogP contribution in [0.5, 0.6) is 0 Å². The van der Waals surface area contributed by atoms with Crippen LogP contribution in [0.25, 0.3) is 0 Å². The molecular formula is C11H16N4O3. The van der Waals surface area contributed by atoms with Crippen molar-refractivity contribution in [1.82, 2.24) is 20.2 Å². The second-order valence-electron chi connectivity index (χ2n) is 3.70. The van der Waals surface area contributed by atoms with Crippen LogP contribution >= 0.6 is 0 Å². The third kappa shape index (κ3) is 3.93. The van der Waals surface area contributed by atoms with Crippen LogP contribution in [0.3, 0.4) is 0 Å². The average molecular weight is 252 g/mol. The number of urea groups is 1. The lowest BCUT2D eigenvalue weighted by molar-refractivity contribution is -0.139. The molecule has 1 rings (SSSR count). The Balaban J connectivity index is 2.43. The molecule has 0 bridgehead atoms. The van der Waals surface area contributed by atoms with Crippen molar-refractivity contribution in [3.05, 3.63) is 30.9 Å². The van der Waals surface area contributed by atoms with E-state index >= 15 is 0 Å². The Labute approximate surface area is 105 Å². The molecule has 2 amide bonds. The van der Waals surface area contributed by atoms with Crippen molar-refractivity contribution < 1.29 is 14.7 Å². The lowest BCUT2D eigenvalue weighted by Gasteiger charge is -2.13. The van der Waals surface area contributed by atoms with Crippen LogP contribution in [0.4, 0.5) is 4.79 Å². The van der Waals surface area contributed by atoms with E-state index < -0.39 is 18.0 Å². The molecule has 0 aliphatic heterocycles. The molecule has 1 atom stereocenters. The van der Waals surface area contributed by atoms with Crippen molar-refractivity contribution in [2.24, 2.45) is 7.05 Å². The van der Waals surface area contributed by atoms with Crippen molar-refractivity contribution in [2.75, 3.05) is 0 Å². The highest BCUT2D eigenvalue weighted by atomic mass is 16.4. The minimum Gasteiger partial charge on any atom is -0.480 e. The van der Waals surface area contributed by atoms with Crippen LogP contribution in [0, 0.1) is 0 Å². The summed E-state index contributed by atoms with van der Waals surface area (Å²) < 4.78 is 1.76. The highest BCUT2D eigenvalue weighted by Crippen LogP contribution is 1.95. The number of aryl methyl sites for hydroxylation is 1. The van der Waals surface area contributed by atoms with Gasteiger partial charge in [-0.05, 0) is 6.42 Å². The zero-order valence-electron chi connectivity index (χ0n) is 10.1. The topological polar surface area (TPSA) is 96.3 Å². The predicted molar refractivity (Wildman–Crippen MR) is 64.8 cm³/mol. The standard InChI is InChI=1S/C11H16N4O3/c1-3-4-8(10(16)17)14-11(18)13-7-9-12-5-6-15(9)2/h3,5-6,8H,1,4,7H2,2H3,(H,16,17)(H2,13,14,18). The third-order valence-corrected chi connectivity index (χ3v) is 2.33. The van der Waals surface area contributed by atoms with E-state index in [1.54, 1.807) is 24.0 Å². The lowest BCUT2D eigenvalue weighted by Crippen LogP contribution is -2.45. The Morgan fingerprint density at radius 2 is 2.39 bits per heavy atom. The summed E-state index contributed by atoms with van der Waals surface area (Å²) in [5.41, 5.74) is 0. The second kappa shape index (κ2) is 6.43. The van der Waals surface area contributed by atoms with Gasteiger partial charge in [0.05, 0.1) is 6.54 Å². The van der Waals surface area contributed by atoms with Gasteiger partial charge < -0.3 is 20.3 Å². The first kappa shape index (κ1) is 13.8.